The van der Waals surface area contributed by atoms with Crippen LogP contribution in [0.3, 0.4) is 0 Å². The Labute approximate surface area is 148 Å². The van der Waals surface area contributed by atoms with E-state index in [4.69, 9.17) is 4.74 Å². The molecule has 1 aliphatic heterocycles. The van der Waals surface area contributed by atoms with E-state index in [1.807, 2.05) is 35.8 Å². The highest BCUT2D eigenvalue weighted by molar-refractivity contribution is 5.76. The maximum atomic E-state index is 12.7. The highest BCUT2D eigenvalue weighted by Crippen LogP contribution is 2.15. The summed E-state index contributed by atoms with van der Waals surface area (Å²) in [4.78, 5) is 22.8. The van der Waals surface area contributed by atoms with Gasteiger partial charge in [-0.25, -0.2) is 9.97 Å². The van der Waals surface area contributed by atoms with Crippen LogP contribution in [-0.2, 0) is 29.4 Å². The van der Waals surface area contributed by atoms with E-state index in [9.17, 15) is 4.79 Å². The molecule has 0 N–H and O–H groups in total. The predicted octanol–water partition coefficient (Wildman–Crippen LogP) is 1.17. The van der Waals surface area contributed by atoms with Crippen LogP contribution in [0.25, 0.3) is 0 Å². The van der Waals surface area contributed by atoms with Crippen molar-refractivity contribution in [1.82, 2.24) is 24.6 Å². The average molecular weight is 343 g/mol. The zero-order valence-electron chi connectivity index (χ0n) is 14.9. The minimum atomic E-state index is 0.182. The van der Waals surface area contributed by atoms with Crippen molar-refractivity contribution in [3.05, 3.63) is 41.7 Å². The van der Waals surface area contributed by atoms with Crippen molar-refractivity contribution < 1.29 is 9.53 Å². The molecule has 2 aromatic rings. The third kappa shape index (κ3) is 4.63. The summed E-state index contributed by atoms with van der Waals surface area (Å²) in [6.45, 7) is 4.66. The number of carbonyl (C=O) groups excluding carboxylic acids is 1. The maximum Gasteiger partial charge on any atom is 0.222 e. The van der Waals surface area contributed by atoms with E-state index in [-0.39, 0.29) is 11.8 Å². The van der Waals surface area contributed by atoms with E-state index >= 15 is 0 Å². The van der Waals surface area contributed by atoms with Gasteiger partial charge in [-0.05, 0) is 31.4 Å². The van der Waals surface area contributed by atoms with Crippen LogP contribution >= 0.6 is 0 Å². The molecule has 0 spiro atoms. The molecule has 3 heterocycles. The van der Waals surface area contributed by atoms with Crippen LogP contribution in [0.5, 0.6) is 0 Å². The Kier molecular flexibility index (Phi) is 5.75. The van der Waals surface area contributed by atoms with Gasteiger partial charge in [0.1, 0.15) is 6.33 Å². The first-order chi connectivity index (χ1) is 12.1. The molecule has 0 aliphatic carbocycles. The van der Waals surface area contributed by atoms with Crippen LogP contribution in [0.15, 0.2) is 24.8 Å². The molecular weight excluding hydrogens is 318 g/mol. The molecule has 0 saturated carbocycles. The number of ether oxygens (including phenoxy) is 1. The van der Waals surface area contributed by atoms with Gasteiger partial charge in [0.05, 0.1) is 19.4 Å². The molecule has 2 aromatic heterocycles. The summed E-state index contributed by atoms with van der Waals surface area (Å²) in [7, 11) is 1.92. The molecule has 134 valence electrons. The zero-order chi connectivity index (χ0) is 17.6. The second-order valence-corrected chi connectivity index (χ2v) is 6.56. The van der Waals surface area contributed by atoms with Gasteiger partial charge in [-0.2, -0.15) is 5.10 Å². The van der Waals surface area contributed by atoms with Crippen molar-refractivity contribution in [2.75, 3.05) is 26.3 Å². The Hall–Kier alpha value is -2.28. The summed E-state index contributed by atoms with van der Waals surface area (Å²) in [6, 6.07) is 1.92. The Morgan fingerprint density at radius 1 is 1.44 bits per heavy atom. The van der Waals surface area contributed by atoms with Crippen molar-refractivity contribution in [1.29, 1.82) is 0 Å². The molecule has 0 unspecified atom stereocenters. The van der Waals surface area contributed by atoms with Crippen molar-refractivity contribution in [3.8, 4) is 0 Å². The summed E-state index contributed by atoms with van der Waals surface area (Å²) in [5.41, 5.74) is 3.25. The van der Waals surface area contributed by atoms with Gasteiger partial charge >= 0.3 is 0 Å². The van der Waals surface area contributed by atoms with Gasteiger partial charge in [-0.15, -0.1) is 0 Å². The lowest BCUT2D eigenvalue weighted by Gasteiger charge is -2.23. The normalized spacial score (nSPS) is 18.2. The van der Waals surface area contributed by atoms with Gasteiger partial charge < -0.3 is 9.64 Å². The molecular formula is C18H25N5O2. The van der Waals surface area contributed by atoms with Crippen molar-refractivity contribution in [3.63, 3.8) is 0 Å². The lowest BCUT2D eigenvalue weighted by molar-refractivity contribution is -0.131. The van der Waals surface area contributed by atoms with E-state index in [0.717, 1.165) is 36.3 Å². The first-order valence-electron chi connectivity index (χ1n) is 8.71. The Morgan fingerprint density at radius 2 is 2.32 bits per heavy atom. The van der Waals surface area contributed by atoms with Crippen molar-refractivity contribution in [2.24, 2.45) is 13.0 Å². The van der Waals surface area contributed by atoms with E-state index in [0.29, 0.717) is 26.2 Å². The van der Waals surface area contributed by atoms with Crippen molar-refractivity contribution >= 4 is 5.91 Å². The number of hydrogen-bond donors (Lipinski definition) is 0. The number of nitrogens with zero attached hydrogens (tertiary/aromatic N) is 5. The quantitative estimate of drug-likeness (QED) is 0.815. The summed E-state index contributed by atoms with van der Waals surface area (Å²) >= 11 is 0. The number of amides is 1. The fourth-order valence-corrected chi connectivity index (χ4v) is 3.15. The van der Waals surface area contributed by atoms with Crippen LogP contribution in [0.2, 0.25) is 0 Å². The van der Waals surface area contributed by atoms with Crippen LogP contribution < -0.4 is 0 Å². The standard InChI is InChI=1S/C18H25N5O2/c1-14-16(10-21-22(14)2)3-4-18(24)23-7-8-25-12-15(11-23)9-17-5-6-19-13-20-17/h5-6,10,13,15H,3-4,7-9,11-12H2,1-2H3/t15-/m0/s1. The molecule has 7 heteroatoms. The van der Waals surface area contributed by atoms with Gasteiger partial charge in [0, 0.05) is 50.1 Å². The van der Waals surface area contributed by atoms with Crippen molar-refractivity contribution in [2.45, 2.75) is 26.2 Å². The highest BCUT2D eigenvalue weighted by Gasteiger charge is 2.23. The number of aromatic nitrogens is 4. The first-order valence-corrected chi connectivity index (χ1v) is 8.71. The molecule has 1 saturated heterocycles. The van der Waals surface area contributed by atoms with Gasteiger partial charge in [-0.1, -0.05) is 0 Å². The topological polar surface area (TPSA) is 73.1 Å². The van der Waals surface area contributed by atoms with Gasteiger partial charge in [0.25, 0.3) is 0 Å². The largest absolute Gasteiger partial charge is 0.379 e. The second kappa shape index (κ2) is 8.20. The lowest BCUT2D eigenvalue weighted by atomic mass is 10.0. The fourth-order valence-electron chi connectivity index (χ4n) is 3.15. The van der Waals surface area contributed by atoms with Crippen LogP contribution in [0, 0.1) is 12.8 Å². The molecule has 1 atom stereocenters. The molecule has 3 rings (SSSR count). The predicted molar refractivity (Wildman–Crippen MR) is 92.9 cm³/mol. The molecule has 25 heavy (non-hydrogen) atoms. The molecule has 1 fully saturated rings. The SMILES string of the molecule is Cc1c(CCC(=O)N2CCOC[C@@H](Cc3ccncn3)C2)cnn1C. The number of carbonyl (C=O) groups is 1. The number of hydrogen-bond acceptors (Lipinski definition) is 5. The highest BCUT2D eigenvalue weighted by atomic mass is 16.5. The molecule has 1 amide bonds. The minimum Gasteiger partial charge on any atom is -0.379 e. The minimum absolute atomic E-state index is 0.182. The summed E-state index contributed by atoms with van der Waals surface area (Å²) < 4.78 is 7.54. The lowest BCUT2D eigenvalue weighted by Crippen LogP contribution is -2.36. The van der Waals surface area contributed by atoms with Gasteiger partial charge in [-0.3, -0.25) is 9.48 Å². The van der Waals surface area contributed by atoms with Gasteiger partial charge in [0.15, 0.2) is 0 Å². The smallest absolute Gasteiger partial charge is 0.222 e. The van der Waals surface area contributed by atoms with Crippen LogP contribution in [0.4, 0.5) is 0 Å². The molecule has 7 nitrogen and oxygen atoms in total. The monoisotopic (exact) mass is 343 g/mol. The Balaban J connectivity index is 1.56. The Morgan fingerprint density at radius 3 is 3.04 bits per heavy atom. The maximum absolute atomic E-state index is 12.7. The first kappa shape index (κ1) is 17.5. The molecule has 1 aliphatic rings. The third-order valence-corrected chi connectivity index (χ3v) is 4.78. The molecule has 0 aromatic carbocycles. The summed E-state index contributed by atoms with van der Waals surface area (Å²) in [6.07, 6.45) is 7.20. The van der Waals surface area contributed by atoms with Gasteiger partial charge in [0.2, 0.25) is 5.91 Å². The summed E-state index contributed by atoms with van der Waals surface area (Å²) in [5, 5.41) is 4.24. The second-order valence-electron chi connectivity index (χ2n) is 6.56. The zero-order valence-corrected chi connectivity index (χ0v) is 14.9. The summed E-state index contributed by atoms with van der Waals surface area (Å²) in [5.74, 6) is 0.447. The van der Waals surface area contributed by atoms with E-state index < -0.39 is 0 Å². The molecule has 0 radical (unpaired) electrons. The fraction of sp³-hybridized carbons (Fsp3) is 0.556. The van der Waals surface area contributed by atoms with Crippen LogP contribution in [0.1, 0.15) is 23.4 Å². The number of aryl methyl sites for hydroxylation is 2. The Bertz CT molecular complexity index is 701. The van der Waals surface area contributed by atoms with Crippen LogP contribution in [-0.4, -0.2) is 56.9 Å². The number of rotatable bonds is 5. The van der Waals surface area contributed by atoms with E-state index in [1.54, 1.807) is 12.5 Å². The average Bonchev–Trinajstić information content (AvgIpc) is 2.82. The molecule has 0 bridgehead atoms. The van der Waals surface area contributed by atoms with E-state index in [2.05, 4.69) is 15.1 Å². The van der Waals surface area contributed by atoms with E-state index in [1.165, 1.54) is 0 Å². The third-order valence-electron chi connectivity index (χ3n) is 4.78.